The first-order chi connectivity index (χ1) is 10.7. The average Bonchev–Trinajstić information content (AvgIpc) is 2.48. The second-order valence-corrected chi connectivity index (χ2v) is 12.6. The van der Waals surface area contributed by atoms with Crippen LogP contribution in [0.25, 0.3) is 0 Å². The number of esters is 1. The highest BCUT2D eigenvalue weighted by Crippen LogP contribution is 2.21. The van der Waals surface area contributed by atoms with Crippen LogP contribution in [0.1, 0.15) is 0 Å². The lowest BCUT2D eigenvalue weighted by Gasteiger charge is -2.05. The van der Waals surface area contributed by atoms with Crippen LogP contribution in [0.4, 0.5) is 0 Å². The van der Waals surface area contributed by atoms with Gasteiger partial charge in [-0.3, -0.25) is 4.79 Å². The smallest absolute Gasteiger partial charge is 0.316 e. The Bertz CT molecular complexity index is 259. The molecule has 0 aromatic rings. The van der Waals surface area contributed by atoms with E-state index in [4.69, 9.17) is 9.84 Å². The van der Waals surface area contributed by atoms with Gasteiger partial charge < -0.3 is 14.4 Å². The first-order valence-electron chi connectivity index (χ1n) is 6.19. The van der Waals surface area contributed by atoms with Gasteiger partial charge in [-0.2, -0.15) is 0 Å². The Kier molecular flexibility index (Phi) is 20.8. The minimum absolute atomic E-state index is 0.0999. The second-order valence-electron chi connectivity index (χ2n) is 3.59. The van der Waals surface area contributed by atoms with Gasteiger partial charge in [-0.25, -0.2) is 0 Å². The zero-order valence-electron chi connectivity index (χ0n) is 12.4. The maximum atomic E-state index is 11.4. The van der Waals surface area contributed by atoms with Crippen molar-refractivity contribution in [1.29, 1.82) is 0 Å². The fraction of sp³-hybridized carbons (Fsp3) is 0.909. The van der Waals surface area contributed by atoms with Gasteiger partial charge in [0.25, 0.3) is 0 Å². The third kappa shape index (κ3) is 19.9. The van der Waals surface area contributed by atoms with Crippen LogP contribution < -0.4 is 0 Å². The predicted molar refractivity (Wildman–Crippen MR) is 112 cm³/mol. The molecule has 0 amide bonds. The van der Waals surface area contributed by atoms with E-state index in [-0.39, 0.29) is 11.9 Å². The first-order valence-corrected chi connectivity index (χ1v) is 14.8. The zero-order valence-corrected chi connectivity index (χ0v) is 18.1. The molecule has 0 aliphatic heterocycles. The van der Waals surface area contributed by atoms with Crippen LogP contribution in [0, 0.1) is 0 Å². The normalized spacial score (nSPS) is 12.3. The molecular weight excluding hydrogens is 421 g/mol. The standard InChI is InChI=1S/C11H22O4S7/c1-22(14)3-2-16-7-20-10-21-8-17-4-11(13)15-6-19-9-18-5-12/h12H,2-10H2,1H3. The number of thioether (sulfide) groups is 6. The molecule has 1 unspecified atom stereocenters. The summed E-state index contributed by atoms with van der Waals surface area (Å²) in [6.45, 7) is 0. The molecule has 0 aliphatic rings. The van der Waals surface area contributed by atoms with E-state index < -0.39 is 11.2 Å². The maximum absolute atomic E-state index is 11.4. The molecule has 0 rings (SSSR count). The molecule has 0 spiro atoms. The van der Waals surface area contributed by atoms with Crippen LogP contribution in [-0.2, 0) is 20.7 Å². The number of carbonyl (C=O) groups is 1. The van der Waals surface area contributed by atoms with E-state index in [2.05, 4.69) is 0 Å². The van der Waals surface area contributed by atoms with Gasteiger partial charge in [0.15, 0.2) is 0 Å². The maximum Gasteiger partial charge on any atom is 0.316 e. The summed E-state index contributed by atoms with van der Waals surface area (Å²) >= 11 is 9.25. The second kappa shape index (κ2) is 19.2. The van der Waals surface area contributed by atoms with Gasteiger partial charge in [-0.1, -0.05) is 11.2 Å². The van der Waals surface area contributed by atoms with Gasteiger partial charge in [-0.15, -0.1) is 70.6 Å². The van der Waals surface area contributed by atoms with Crippen molar-refractivity contribution < 1.29 is 19.2 Å². The fourth-order valence-electron chi connectivity index (χ4n) is 0.884. The van der Waals surface area contributed by atoms with Crippen molar-refractivity contribution >= 4 is 87.7 Å². The molecule has 0 heterocycles. The summed E-state index contributed by atoms with van der Waals surface area (Å²) in [5.74, 6) is 2.40. The van der Waals surface area contributed by atoms with Crippen LogP contribution in [0.5, 0.6) is 0 Å². The Morgan fingerprint density at radius 2 is 1.68 bits per heavy atom. The number of carbonyl (C=O) groups excluding carboxylic acids is 1. The molecule has 0 bridgehead atoms. The molecule has 0 saturated heterocycles. The van der Waals surface area contributed by atoms with Crippen molar-refractivity contribution in [2.24, 2.45) is 0 Å². The lowest BCUT2D eigenvalue weighted by atomic mass is 10.8. The Balaban J connectivity index is 3.13. The molecule has 1 atom stereocenters. The van der Waals surface area contributed by atoms with E-state index in [0.29, 0.717) is 11.7 Å². The predicted octanol–water partition coefficient (Wildman–Crippen LogP) is 3.04. The van der Waals surface area contributed by atoms with Crippen molar-refractivity contribution in [3.05, 3.63) is 0 Å². The average molecular weight is 443 g/mol. The van der Waals surface area contributed by atoms with Crippen molar-refractivity contribution in [1.82, 2.24) is 0 Å². The van der Waals surface area contributed by atoms with Crippen LogP contribution in [0.2, 0.25) is 0 Å². The number of aliphatic hydroxyl groups excluding tert-OH is 1. The summed E-state index contributed by atoms with van der Waals surface area (Å²) in [5.41, 5.74) is 0. The number of aliphatic hydroxyl groups is 1. The van der Waals surface area contributed by atoms with E-state index in [9.17, 15) is 9.35 Å². The Morgan fingerprint density at radius 1 is 1.05 bits per heavy atom. The van der Waals surface area contributed by atoms with Crippen molar-refractivity contribution in [2.45, 2.75) is 0 Å². The van der Waals surface area contributed by atoms with Gasteiger partial charge in [0.2, 0.25) is 0 Å². The van der Waals surface area contributed by atoms with Crippen LogP contribution in [-0.4, -0.2) is 71.4 Å². The quantitative estimate of drug-likeness (QED) is 0.167. The summed E-state index contributed by atoms with van der Waals surface area (Å²) in [7, 11) is 0. The molecular formula is C11H22O4S7. The molecule has 132 valence electrons. The number of rotatable bonds is 16. The largest absolute Gasteiger partial charge is 0.617 e. The van der Waals surface area contributed by atoms with Crippen LogP contribution >= 0.6 is 70.6 Å². The Labute approximate surface area is 161 Å². The summed E-state index contributed by atoms with van der Waals surface area (Å²) < 4.78 is 15.9. The third-order valence-electron chi connectivity index (χ3n) is 1.80. The van der Waals surface area contributed by atoms with Crippen LogP contribution in [0.3, 0.4) is 0 Å². The third-order valence-corrected chi connectivity index (χ3v) is 9.57. The van der Waals surface area contributed by atoms with E-state index in [1.165, 1.54) is 23.5 Å². The van der Waals surface area contributed by atoms with E-state index >= 15 is 0 Å². The SMILES string of the molecule is C[S+]([O-])CCSCSCSCSCC(=O)OCSCSCO. The fourth-order valence-corrected chi connectivity index (χ4v) is 7.79. The molecule has 0 fully saturated rings. The molecule has 22 heavy (non-hydrogen) atoms. The highest BCUT2D eigenvalue weighted by atomic mass is 32.2. The zero-order chi connectivity index (χ0) is 16.5. The van der Waals surface area contributed by atoms with Crippen molar-refractivity contribution in [3.63, 3.8) is 0 Å². The molecule has 11 heteroatoms. The highest BCUT2D eigenvalue weighted by molar-refractivity contribution is 8.26. The number of ether oxygens (including phenoxy) is 1. The topological polar surface area (TPSA) is 69.6 Å². The van der Waals surface area contributed by atoms with E-state index in [1.807, 2.05) is 23.5 Å². The van der Waals surface area contributed by atoms with Crippen molar-refractivity contribution in [3.8, 4) is 0 Å². The summed E-state index contributed by atoms with van der Waals surface area (Å²) in [4.78, 5) is 11.4. The molecule has 0 aromatic carbocycles. The van der Waals surface area contributed by atoms with Gasteiger partial charge >= 0.3 is 5.97 Å². The minimum atomic E-state index is -0.682. The first kappa shape index (κ1) is 23.8. The molecule has 0 aromatic heterocycles. The molecule has 1 N–H and O–H groups in total. The van der Waals surface area contributed by atoms with Crippen LogP contribution in [0.15, 0.2) is 0 Å². The van der Waals surface area contributed by atoms with Gasteiger partial charge in [0.1, 0.15) is 11.7 Å². The summed E-state index contributed by atoms with van der Waals surface area (Å²) in [6.07, 6.45) is 1.73. The van der Waals surface area contributed by atoms with Gasteiger partial charge in [-0.05, 0) is 0 Å². The molecule has 4 nitrogen and oxygen atoms in total. The highest BCUT2D eigenvalue weighted by Gasteiger charge is 2.03. The Hall–Kier alpha value is 1.84. The van der Waals surface area contributed by atoms with Gasteiger partial charge in [0, 0.05) is 26.1 Å². The lowest BCUT2D eigenvalue weighted by molar-refractivity contribution is -0.138. The number of hydrogen-bond acceptors (Lipinski definition) is 10. The minimum Gasteiger partial charge on any atom is -0.617 e. The van der Waals surface area contributed by atoms with E-state index in [1.54, 1.807) is 29.8 Å². The van der Waals surface area contributed by atoms with E-state index in [0.717, 1.165) is 31.8 Å². The molecule has 0 aliphatic carbocycles. The lowest BCUT2D eigenvalue weighted by Crippen LogP contribution is -2.07. The molecule has 0 saturated carbocycles. The summed E-state index contributed by atoms with van der Waals surface area (Å²) in [6, 6.07) is 0. The van der Waals surface area contributed by atoms with Gasteiger partial charge in [0.05, 0.1) is 17.9 Å². The Morgan fingerprint density at radius 3 is 2.36 bits per heavy atom. The van der Waals surface area contributed by atoms with Crippen molar-refractivity contribution in [2.75, 3.05) is 55.7 Å². The monoisotopic (exact) mass is 442 g/mol. The summed E-state index contributed by atoms with van der Waals surface area (Å²) in [5, 5.41) is 12.2. The number of hydrogen-bond donors (Lipinski definition) is 1. The molecule has 0 radical (unpaired) electrons.